The maximum Gasteiger partial charge on any atom is 0.226 e. The van der Waals surface area contributed by atoms with E-state index in [1.165, 1.54) is 6.07 Å². The summed E-state index contributed by atoms with van der Waals surface area (Å²) in [7, 11) is 0. The average Bonchev–Trinajstić information content (AvgIpc) is 3.39. The van der Waals surface area contributed by atoms with E-state index in [1.54, 1.807) is 24.4 Å². The maximum absolute atomic E-state index is 14.1. The minimum atomic E-state index is -0.468. The summed E-state index contributed by atoms with van der Waals surface area (Å²) in [5.74, 6) is 0.0901. The van der Waals surface area contributed by atoms with Gasteiger partial charge in [-0.1, -0.05) is 24.3 Å². The molecular formula is C29H29FN6OS. The largest absolute Gasteiger partial charge is 0.352 e. The third-order valence-corrected chi connectivity index (χ3v) is 7.19. The van der Waals surface area contributed by atoms with E-state index in [0.29, 0.717) is 11.7 Å². The summed E-state index contributed by atoms with van der Waals surface area (Å²) in [6.07, 6.45) is 3.76. The van der Waals surface area contributed by atoms with Crippen LogP contribution in [0.3, 0.4) is 0 Å². The summed E-state index contributed by atoms with van der Waals surface area (Å²) in [6, 6.07) is 17.7. The van der Waals surface area contributed by atoms with Gasteiger partial charge in [0.15, 0.2) is 5.11 Å². The van der Waals surface area contributed by atoms with Gasteiger partial charge in [0.25, 0.3) is 0 Å². The van der Waals surface area contributed by atoms with Gasteiger partial charge in [-0.3, -0.25) is 9.78 Å². The molecular weight excluding hydrogens is 499 g/mol. The Bertz CT molecular complexity index is 1470. The fraction of sp³-hybridized carbons (Fsp3) is 0.241. The van der Waals surface area contributed by atoms with E-state index in [2.05, 4.69) is 45.1 Å². The molecule has 0 aliphatic carbocycles. The highest BCUT2D eigenvalue weighted by Gasteiger charge is 2.41. The molecule has 2 atom stereocenters. The van der Waals surface area contributed by atoms with Crippen molar-refractivity contribution in [3.63, 3.8) is 0 Å². The van der Waals surface area contributed by atoms with Gasteiger partial charge in [0.1, 0.15) is 11.6 Å². The predicted molar refractivity (Wildman–Crippen MR) is 150 cm³/mol. The molecule has 0 saturated carbocycles. The zero-order chi connectivity index (χ0) is 26.8. The molecule has 5 rings (SSSR count). The molecule has 9 heteroatoms. The Morgan fingerprint density at radius 1 is 1.08 bits per heavy atom. The van der Waals surface area contributed by atoms with E-state index in [9.17, 15) is 9.18 Å². The van der Waals surface area contributed by atoms with E-state index < -0.39 is 5.82 Å². The van der Waals surface area contributed by atoms with Crippen LogP contribution < -0.4 is 10.6 Å². The molecule has 0 spiro atoms. The fourth-order valence-electron chi connectivity index (χ4n) is 5.01. The van der Waals surface area contributed by atoms with Crippen LogP contribution in [0.15, 0.2) is 73.1 Å². The summed E-state index contributed by atoms with van der Waals surface area (Å²) in [5, 5.41) is 6.65. The molecule has 1 aliphatic heterocycles. The van der Waals surface area contributed by atoms with Crippen molar-refractivity contribution in [1.29, 1.82) is 0 Å². The Hall–Kier alpha value is -4.11. The topological polar surface area (TPSA) is 75.1 Å². The fourth-order valence-corrected chi connectivity index (χ4v) is 5.35. The minimum absolute atomic E-state index is 0.139. The number of hydrogen-bond donors (Lipinski definition) is 2. The summed E-state index contributed by atoms with van der Waals surface area (Å²) < 4.78 is 16.2. The molecule has 2 N–H and O–H groups in total. The normalized spacial score (nSPS) is 16.9. The van der Waals surface area contributed by atoms with Gasteiger partial charge in [-0.05, 0) is 80.5 Å². The minimum Gasteiger partial charge on any atom is -0.352 e. The van der Waals surface area contributed by atoms with Crippen molar-refractivity contribution in [2.45, 2.75) is 39.3 Å². The van der Waals surface area contributed by atoms with Crippen molar-refractivity contribution in [2.75, 3.05) is 11.9 Å². The second-order valence-corrected chi connectivity index (χ2v) is 9.84. The number of anilines is 1. The summed E-state index contributed by atoms with van der Waals surface area (Å²) >= 11 is 5.76. The zero-order valence-electron chi connectivity index (χ0n) is 21.5. The summed E-state index contributed by atoms with van der Waals surface area (Å²) in [6.45, 7) is 6.50. The van der Waals surface area contributed by atoms with E-state index in [1.807, 2.05) is 48.4 Å². The number of benzene rings is 1. The first-order valence-corrected chi connectivity index (χ1v) is 12.9. The van der Waals surface area contributed by atoms with Crippen molar-refractivity contribution in [1.82, 2.24) is 24.8 Å². The molecule has 7 nitrogen and oxygen atoms in total. The van der Waals surface area contributed by atoms with Crippen LogP contribution in [0.2, 0.25) is 0 Å². The number of amides is 1. The second kappa shape index (κ2) is 10.7. The Morgan fingerprint density at radius 3 is 2.58 bits per heavy atom. The van der Waals surface area contributed by atoms with E-state index >= 15 is 0 Å². The first kappa shape index (κ1) is 25.5. The Balaban J connectivity index is 1.47. The van der Waals surface area contributed by atoms with Gasteiger partial charge >= 0.3 is 0 Å². The van der Waals surface area contributed by atoms with Crippen molar-refractivity contribution in [3.05, 3.63) is 107 Å². The molecule has 1 aromatic carbocycles. The number of hydrogen-bond acceptors (Lipinski definition) is 4. The molecule has 1 saturated heterocycles. The van der Waals surface area contributed by atoms with E-state index in [0.717, 1.165) is 34.0 Å². The molecule has 4 heterocycles. The molecule has 4 aromatic rings. The number of para-hydroxylation sites is 1. The number of carbonyl (C=O) groups excluding carboxylic acids is 1. The van der Waals surface area contributed by atoms with Crippen LogP contribution in [-0.2, 0) is 4.79 Å². The van der Waals surface area contributed by atoms with Gasteiger partial charge < -0.3 is 20.1 Å². The number of aryl methyl sites for hydroxylation is 2. The molecule has 3 aromatic heterocycles. The summed E-state index contributed by atoms with van der Waals surface area (Å²) in [4.78, 5) is 24.0. The number of nitrogens with one attached hydrogen (secondary N) is 2. The van der Waals surface area contributed by atoms with Crippen LogP contribution in [0.5, 0.6) is 0 Å². The van der Waals surface area contributed by atoms with Gasteiger partial charge in [-0.2, -0.15) is 0 Å². The predicted octanol–water partition coefficient (Wildman–Crippen LogP) is 5.33. The van der Waals surface area contributed by atoms with Crippen LogP contribution in [0.1, 0.15) is 46.7 Å². The number of carbonyl (C=O) groups is 1. The highest BCUT2D eigenvalue weighted by atomic mass is 32.1. The van der Waals surface area contributed by atoms with Crippen LogP contribution in [-0.4, -0.2) is 37.0 Å². The Morgan fingerprint density at radius 2 is 1.87 bits per heavy atom. The monoisotopic (exact) mass is 528 g/mol. The van der Waals surface area contributed by atoms with Gasteiger partial charge in [-0.25, -0.2) is 9.37 Å². The number of pyridine rings is 2. The first-order valence-electron chi connectivity index (χ1n) is 12.5. The molecule has 1 fully saturated rings. The van der Waals surface area contributed by atoms with Gasteiger partial charge in [0, 0.05) is 36.7 Å². The van der Waals surface area contributed by atoms with Gasteiger partial charge in [-0.15, -0.1) is 0 Å². The number of rotatable bonds is 7. The van der Waals surface area contributed by atoms with Crippen molar-refractivity contribution >= 4 is 28.9 Å². The number of nitrogens with zero attached hydrogens (tertiary/aromatic N) is 4. The smallest absolute Gasteiger partial charge is 0.226 e. The maximum atomic E-state index is 14.1. The van der Waals surface area contributed by atoms with E-state index in [-0.39, 0.29) is 30.1 Å². The zero-order valence-corrected chi connectivity index (χ0v) is 22.3. The lowest BCUT2D eigenvalue weighted by Gasteiger charge is -2.28. The number of thiocarbonyl (C=S) groups is 1. The molecule has 1 amide bonds. The Labute approximate surface area is 226 Å². The van der Waals surface area contributed by atoms with Crippen LogP contribution in [0, 0.1) is 26.6 Å². The van der Waals surface area contributed by atoms with E-state index in [4.69, 9.17) is 12.2 Å². The lowest BCUT2D eigenvalue weighted by atomic mass is 9.96. The third kappa shape index (κ3) is 5.02. The van der Waals surface area contributed by atoms with Crippen LogP contribution >= 0.6 is 12.2 Å². The SMILES string of the molecule is Cc1ccc(-n2c(C)cc(C3C(c4ccccn4)NC(=S)N3CCC(=O)Nc3ccccc3F)c2C)nc1. The number of aromatic nitrogens is 3. The van der Waals surface area contributed by atoms with Crippen LogP contribution in [0.4, 0.5) is 10.1 Å². The molecule has 0 bridgehead atoms. The lowest BCUT2D eigenvalue weighted by molar-refractivity contribution is -0.116. The average molecular weight is 529 g/mol. The Kier molecular flexibility index (Phi) is 7.20. The standard InChI is InChI=1S/C29H29FN6OS/c1-18-11-12-25(32-17-18)36-19(2)16-21(20(36)3)28-27(24-10-6-7-14-31-24)34-29(38)35(28)15-13-26(37)33-23-9-5-4-8-22(23)30/h4-12,14,16-17,27-28H,13,15H2,1-3H3,(H,33,37)(H,34,38). The quantitative estimate of drug-likeness (QED) is 0.316. The van der Waals surface area contributed by atoms with Crippen molar-refractivity contribution in [2.24, 2.45) is 0 Å². The molecule has 2 unspecified atom stereocenters. The third-order valence-electron chi connectivity index (χ3n) is 6.84. The lowest BCUT2D eigenvalue weighted by Crippen LogP contribution is -2.33. The first-order chi connectivity index (χ1) is 18.3. The highest BCUT2D eigenvalue weighted by Crippen LogP contribution is 2.41. The molecule has 194 valence electrons. The number of halogens is 1. The van der Waals surface area contributed by atoms with Crippen LogP contribution in [0.25, 0.3) is 5.82 Å². The second-order valence-electron chi connectivity index (χ2n) is 9.45. The van der Waals surface area contributed by atoms with Gasteiger partial charge in [0.2, 0.25) is 5.91 Å². The summed E-state index contributed by atoms with van der Waals surface area (Å²) in [5.41, 5.74) is 5.27. The van der Waals surface area contributed by atoms with Crippen molar-refractivity contribution in [3.8, 4) is 5.82 Å². The highest BCUT2D eigenvalue weighted by molar-refractivity contribution is 7.80. The molecule has 38 heavy (non-hydrogen) atoms. The van der Waals surface area contributed by atoms with Gasteiger partial charge in [0.05, 0.1) is 23.5 Å². The van der Waals surface area contributed by atoms with Crippen molar-refractivity contribution < 1.29 is 9.18 Å². The molecule has 1 aliphatic rings. The molecule has 0 radical (unpaired) electrons.